The van der Waals surface area contributed by atoms with E-state index in [0.29, 0.717) is 25.2 Å². The van der Waals surface area contributed by atoms with E-state index < -0.39 is 21.9 Å². The number of benzene rings is 1. The van der Waals surface area contributed by atoms with Crippen molar-refractivity contribution in [3.05, 3.63) is 24.3 Å². The number of nitrogens with zero attached hydrogens (tertiary/aromatic N) is 1. The topological polar surface area (TPSA) is 92.8 Å². The van der Waals surface area contributed by atoms with Crippen LogP contribution in [0.15, 0.2) is 29.2 Å². The molecular weight excluding hydrogens is 344 g/mol. The van der Waals surface area contributed by atoms with Gasteiger partial charge in [0.15, 0.2) is 6.61 Å². The first kappa shape index (κ1) is 21.1. The molecule has 1 N–H and O–H groups in total. The standard InChI is InChI=1S/C17H26N2O5S/c1-4-7-8-17(21)24-13-16(20)18-14-9-11-15(12-10-14)25(22,23)19(5-2)6-3/h9-12H,4-8,13H2,1-3H3,(H,18,20). The molecule has 0 aliphatic carbocycles. The molecule has 1 amide bonds. The summed E-state index contributed by atoms with van der Waals surface area (Å²) >= 11 is 0. The van der Waals surface area contributed by atoms with E-state index >= 15 is 0 Å². The molecule has 0 aliphatic heterocycles. The number of hydrogen-bond donors (Lipinski definition) is 1. The SMILES string of the molecule is CCCCC(=O)OCC(=O)Nc1ccc(S(=O)(=O)N(CC)CC)cc1. The Balaban J connectivity index is 2.62. The minimum Gasteiger partial charge on any atom is -0.456 e. The summed E-state index contributed by atoms with van der Waals surface area (Å²) in [5, 5.41) is 2.56. The fraction of sp³-hybridized carbons (Fsp3) is 0.529. The molecule has 0 atom stereocenters. The number of hydrogen-bond acceptors (Lipinski definition) is 5. The van der Waals surface area contributed by atoms with Crippen LogP contribution in [0.3, 0.4) is 0 Å². The second-order valence-corrected chi connectivity index (χ2v) is 7.36. The number of anilines is 1. The second kappa shape index (κ2) is 10.1. The predicted octanol–water partition coefficient (Wildman–Crippen LogP) is 2.39. The van der Waals surface area contributed by atoms with Crippen LogP contribution in [0.5, 0.6) is 0 Å². The van der Waals surface area contributed by atoms with Crippen molar-refractivity contribution in [2.75, 3.05) is 25.0 Å². The number of rotatable bonds is 10. The number of carbonyl (C=O) groups is 2. The zero-order chi connectivity index (χ0) is 18.9. The molecule has 0 unspecified atom stereocenters. The van der Waals surface area contributed by atoms with E-state index in [9.17, 15) is 18.0 Å². The lowest BCUT2D eigenvalue weighted by Crippen LogP contribution is -2.30. The first-order chi connectivity index (χ1) is 11.8. The molecular formula is C17H26N2O5S. The van der Waals surface area contributed by atoms with E-state index in [2.05, 4.69) is 5.32 Å². The molecule has 0 aliphatic rings. The van der Waals surface area contributed by atoms with Crippen LogP contribution in [0.4, 0.5) is 5.69 Å². The lowest BCUT2D eigenvalue weighted by atomic mass is 10.2. The Kier molecular flexibility index (Phi) is 8.57. The summed E-state index contributed by atoms with van der Waals surface area (Å²) in [6, 6.07) is 5.90. The predicted molar refractivity (Wildman–Crippen MR) is 95.7 cm³/mol. The van der Waals surface area contributed by atoms with Crippen LogP contribution in [0.2, 0.25) is 0 Å². The van der Waals surface area contributed by atoms with Crippen molar-refractivity contribution >= 4 is 27.6 Å². The summed E-state index contributed by atoms with van der Waals surface area (Å²) in [4.78, 5) is 23.3. The number of ether oxygens (including phenoxy) is 1. The van der Waals surface area contributed by atoms with Gasteiger partial charge in [-0.1, -0.05) is 27.2 Å². The van der Waals surface area contributed by atoms with E-state index in [1.165, 1.54) is 28.6 Å². The van der Waals surface area contributed by atoms with Gasteiger partial charge in [0.25, 0.3) is 5.91 Å². The highest BCUT2D eigenvalue weighted by molar-refractivity contribution is 7.89. The van der Waals surface area contributed by atoms with Gasteiger partial charge in [0, 0.05) is 25.2 Å². The smallest absolute Gasteiger partial charge is 0.306 e. The van der Waals surface area contributed by atoms with Gasteiger partial charge in [-0.2, -0.15) is 4.31 Å². The zero-order valence-corrected chi connectivity index (χ0v) is 15.8. The molecule has 0 saturated carbocycles. The van der Waals surface area contributed by atoms with Crippen LogP contribution >= 0.6 is 0 Å². The molecule has 0 saturated heterocycles. The monoisotopic (exact) mass is 370 g/mol. The highest BCUT2D eigenvalue weighted by atomic mass is 32.2. The van der Waals surface area contributed by atoms with E-state index in [0.717, 1.165) is 12.8 Å². The summed E-state index contributed by atoms with van der Waals surface area (Å²) in [7, 11) is -3.53. The Morgan fingerprint density at radius 2 is 1.68 bits per heavy atom. The van der Waals surface area contributed by atoms with Gasteiger partial charge in [-0.05, 0) is 30.7 Å². The fourth-order valence-corrected chi connectivity index (χ4v) is 3.62. The summed E-state index contributed by atoms with van der Waals surface area (Å²) in [6.45, 7) is 5.93. The molecule has 1 rings (SSSR count). The van der Waals surface area contributed by atoms with Crippen LogP contribution < -0.4 is 5.32 Å². The van der Waals surface area contributed by atoms with E-state index in [1.807, 2.05) is 6.92 Å². The average Bonchev–Trinajstić information content (AvgIpc) is 2.59. The first-order valence-corrected chi connectivity index (χ1v) is 9.84. The second-order valence-electron chi connectivity index (χ2n) is 5.43. The highest BCUT2D eigenvalue weighted by Crippen LogP contribution is 2.18. The molecule has 8 heteroatoms. The van der Waals surface area contributed by atoms with Crippen molar-refractivity contribution < 1.29 is 22.7 Å². The summed E-state index contributed by atoms with van der Waals surface area (Å²) in [5.41, 5.74) is 0.438. The Hall–Kier alpha value is -1.93. The van der Waals surface area contributed by atoms with Crippen molar-refractivity contribution in [2.24, 2.45) is 0 Å². The normalized spacial score (nSPS) is 11.4. The molecule has 0 spiro atoms. The minimum absolute atomic E-state index is 0.167. The molecule has 1 aromatic carbocycles. The highest BCUT2D eigenvalue weighted by Gasteiger charge is 2.21. The molecule has 0 bridgehead atoms. The quantitative estimate of drug-likeness (QED) is 0.638. The summed E-state index contributed by atoms with van der Waals surface area (Å²) in [5.74, 6) is -0.873. The fourth-order valence-electron chi connectivity index (χ4n) is 2.16. The Morgan fingerprint density at radius 1 is 1.08 bits per heavy atom. The Bertz CT molecular complexity index is 667. The molecule has 0 fully saturated rings. The van der Waals surface area contributed by atoms with Crippen molar-refractivity contribution in [3.63, 3.8) is 0 Å². The maximum atomic E-state index is 12.4. The number of carbonyl (C=O) groups excluding carboxylic acids is 2. The van der Waals surface area contributed by atoms with Gasteiger partial charge in [-0.25, -0.2) is 8.42 Å². The van der Waals surface area contributed by atoms with Crippen molar-refractivity contribution in [1.82, 2.24) is 4.31 Å². The zero-order valence-electron chi connectivity index (χ0n) is 14.9. The van der Waals surface area contributed by atoms with Gasteiger partial charge in [-0.15, -0.1) is 0 Å². The van der Waals surface area contributed by atoms with Gasteiger partial charge in [0.05, 0.1) is 4.90 Å². The number of nitrogens with one attached hydrogen (secondary N) is 1. The van der Waals surface area contributed by atoms with Gasteiger partial charge < -0.3 is 10.1 Å². The largest absolute Gasteiger partial charge is 0.456 e. The number of esters is 1. The molecule has 0 radical (unpaired) electrons. The maximum absolute atomic E-state index is 12.4. The maximum Gasteiger partial charge on any atom is 0.306 e. The molecule has 25 heavy (non-hydrogen) atoms. The van der Waals surface area contributed by atoms with Gasteiger partial charge in [0.1, 0.15) is 0 Å². The van der Waals surface area contributed by atoms with Gasteiger partial charge in [0.2, 0.25) is 10.0 Å². The lowest BCUT2D eigenvalue weighted by Gasteiger charge is -2.18. The first-order valence-electron chi connectivity index (χ1n) is 8.40. The molecule has 7 nitrogen and oxygen atoms in total. The van der Waals surface area contributed by atoms with Crippen LogP contribution in [0.1, 0.15) is 40.0 Å². The Morgan fingerprint density at radius 3 is 2.20 bits per heavy atom. The third-order valence-electron chi connectivity index (χ3n) is 3.58. The third-order valence-corrected chi connectivity index (χ3v) is 5.64. The lowest BCUT2D eigenvalue weighted by molar-refractivity contribution is -0.147. The number of amides is 1. The van der Waals surface area contributed by atoms with E-state index in [-0.39, 0.29) is 11.5 Å². The molecule has 0 heterocycles. The van der Waals surface area contributed by atoms with E-state index in [1.54, 1.807) is 13.8 Å². The van der Waals surface area contributed by atoms with Crippen molar-refractivity contribution in [3.8, 4) is 0 Å². The number of sulfonamides is 1. The Labute approximate surface area is 149 Å². The van der Waals surface area contributed by atoms with Crippen LogP contribution in [-0.4, -0.2) is 44.3 Å². The summed E-state index contributed by atoms with van der Waals surface area (Å²) < 4.78 is 31.0. The van der Waals surface area contributed by atoms with Crippen LogP contribution in [-0.2, 0) is 24.3 Å². The van der Waals surface area contributed by atoms with Gasteiger partial charge >= 0.3 is 5.97 Å². The van der Waals surface area contributed by atoms with Crippen molar-refractivity contribution in [1.29, 1.82) is 0 Å². The molecule has 140 valence electrons. The van der Waals surface area contributed by atoms with Crippen molar-refractivity contribution in [2.45, 2.75) is 44.9 Å². The molecule has 1 aromatic rings. The van der Waals surface area contributed by atoms with Crippen LogP contribution in [0, 0.1) is 0 Å². The molecule has 0 aromatic heterocycles. The number of unbranched alkanes of at least 4 members (excludes halogenated alkanes) is 1. The van der Waals surface area contributed by atoms with Gasteiger partial charge in [-0.3, -0.25) is 9.59 Å². The summed E-state index contributed by atoms with van der Waals surface area (Å²) in [6.07, 6.45) is 1.90. The van der Waals surface area contributed by atoms with Crippen LogP contribution in [0.25, 0.3) is 0 Å². The minimum atomic E-state index is -3.53. The van der Waals surface area contributed by atoms with E-state index in [4.69, 9.17) is 4.74 Å². The third kappa shape index (κ3) is 6.47. The average molecular weight is 370 g/mol.